The Morgan fingerprint density at radius 1 is 0.591 bits per heavy atom. The molecule has 0 N–H and O–H groups in total. The van der Waals surface area contributed by atoms with Crippen molar-refractivity contribution in [2.45, 2.75) is 13.8 Å². The molecule has 0 unspecified atom stereocenters. The lowest BCUT2D eigenvalue weighted by Gasteiger charge is -2.11. The van der Waals surface area contributed by atoms with E-state index >= 15 is 0 Å². The Morgan fingerprint density at radius 2 is 0.909 bits per heavy atom. The first-order valence-electron chi connectivity index (χ1n) is 6.92. The number of halogens is 2. The number of aryl methyl sites for hydroxylation is 2. The number of hydrogen-bond acceptors (Lipinski definition) is 2. The SMILES string of the molecule is Cc1nc(-c2ccc(F)cc2)c(C)nc1-c1ccc(F)cc1. The highest BCUT2D eigenvalue weighted by Crippen LogP contribution is 2.26. The summed E-state index contributed by atoms with van der Waals surface area (Å²) in [6.07, 6.45) is 0. The second kappa shape index (κ2) is 5.64. The lowest BCUT2D eigenvalue weighted by Crippen LogP contribution is -1.99. The van der Waals surface area contributed by atoms with Gasteiger partial charge in [0.1, 0.15) is 11.6 Å². The third-order valence-electron chi connectivity index (χ3n) is 3.48. The molecule has 3 rings (SSSR count). The van der Waals surface area contributed by atoms with Crippen LogP contribution in [0.4, 0.5) is 8.78 Å². The number of aromatic nitrogens is 2. The summed E-state index contributed by atoms with van der Waals surface area (Å²) < 4.78 is 26.1. The third-order valence-corrected chi connectivity index (χ3v) is 3.48. The maximum atomic E-state index is 13.0. The van der Waals surface area contributed by atoms with Gasteiger partial charge in [-0.05, 0) is 62.4 Å². The summed E-state index contributed by atoms with van der Waals surface area (Å²) >= 11 is 0. The Labute approximate surface area is 127 Å². The van der Waals surface area contributed by atoms with Crippen molar-refractivity contribution in [2.24, 2.45) is 0 Å². The number of benzene rings is 2. The van der Waals surface area contributed by atoms with Crippen LogP contribution in [0.25, 0.3) is 22.5 Å². The molecule has 0 aliphatic heterocycles. The molecule has 1 heterocycles. The molecule has 0 amide bonds. The highest BCUT2D eigenvalue weighted by atomic mass is 19.1. The smallest absolute Gasteiger partial charge is 0.123 e. The molecule has 0 saturated carbocycles. The molecule has 2 aromatic carbocycles. The Bertz CT molecular complexity index is 738. The van der Waals surface area contributed by atoms with Crippen LogP contribution >= 0.6 is 0 Å². The summed E-state index contributed by atoms with van der Waals surface area (Å²) in [5.74, 6) is -0.567. The highest BCUT2D eigenvalue weighted by molar-refractivity contribution is 5.67. The molecular weight excluding hydrogens is 282 g/mol. The van der Waals surface area contributed by atoms with Crippen molar-refractivity contribution < 1.29 is 8.78 Å². The molecule has 3 aromatic rings. The van der Waals surface area contributed by atoms with Gasteiger partial charge >= 0.3 is 0 Å². The fourth-order valence-corrected chi connectivity index (χ4v) is 2.37. The van der Waals surface area contributed by atoms with Gasteiger partial charge in [0.25, 0.3) is 0 Å². The van der Waals surface area contributed by atoms with Gasteiger partial charge < -0.3 is 0 Å². The number of rotatable bonds is 2. The Balaban J connectivity index is 2.08. The molecule has 110 valence electrons. The van der Waals surface area contributed by atoms with E-state index in [4.69, 9.17) is 0 Å². The van der Waals surface area contributed by atoms with Gasteiger partial charge in [-0.15, -0.1) is 0 Å². The van der Waals surface area contributed by atoms with E-state index < -0.39 is 0 Å². The van der Waals surface area contributed by atoms with Crippen molar-refractivity contribution in [1.29, 1.82) is 0 Å². The molecule has 0 radical (unpaired) electrons. The topological polar surface area (TPSA) is 25.8 Å². The van der Waals surface area contributed by atoms with Gasteiger partial charge in [-0.25, -0.2) is 18.7 Å². The van der Waals surface area contributed by atoms with Crippen molar-refractivity contribution >= 4 is 0 Å². The average Bonchev–Trinajstić information content (AvgIpc) is 2.51. The Morgan fingerprint density at radius 3 is 1.23 bits per heavy atom. The summed E-state index contributed by atoms with van der Waals surface area (Å²) in [7, 11) is 0. The zero-order valence-corrected chi connectivity index (χ0v) is 12.3. The van der Waals surface area contributed by atoms with Crippen LogP contribution in [0.15, 0.2) is 48.5 Å². The zero-order chi connectivity index (χ0) is 15.7. The third kappa shape index (κ3) is 2.72. The molecule has 0 aliphatic rings. The van der Waals surface area contributed by atoms with E-state index in [1.807, 2.05) is 13.8 Å². The van der Waals surface area contributed by atoms with Crippen LogP contribution in [-0.2, 0) is 0 Å². The molecule has 22 heavy (non-hydrogen) atoms. The van der Waals surface area contributed by atoms with E-state index in [0.29, 0.717) is 0 Å². The van der Waals surface area contributed by atoms with Crippen molar-refractivity contribution in [2.75, 3.05) is 0 Å². The summed E-state index contributed by atoms with van der Waals surface area (Å²) in [5, 5.41) is 0. The number of hydrogen-bond donors (Lipinski definition) is 0. The fourth-order valence-electron chi connectivity index (χ4n) is 2.37. The van der Waals surface area contributed by atoms with E-state index in [2.05, 4.69) is 9.97 Å². The lowest BCUT2D eigenvalue weighted by atomic mass is 10.1. The van der Waals surface area contributed by atoms with Crippen LogP contribution in [-0.4, -0.2) is 9.97 Å². The standard InChI is InChI=1S/C18H14F2N2/c1-11-17(13-3-7-15(19)8-4-13)22-12(2)18(21-11)14-5-9-16(20)10-6-14/h3-10H,1-2H3. The first kappa shape index (κ1) is 14.3. The molecule has 0 aliphatic carbocycles. The molecular formula is C18H14F2N2. The van der Waals surface area contributed by atoms with Crippen LogP contribution in [0.2, 0.25) is 0 Å². The van der Waals surface area contributed by atoms with E-state index in [0.717, 1.165) is 33.9 Å². The summed E-state index contributed by atoms with van der Waals surface area (Å²) in [6, 6.07) is 12.3. The van der Waals surface area contributed by atoms with Gasteiger partial charge in [-0.3, -0.25) is 0 Å². The van der Waals surface area contributed by atoms with Gasteiger partial charge in [0, 0.05) is 11.1 Å². The molecule has 2 nitrogen and oxygen atoms in total. The largest absolute Gasteiger partial charge is 0.249 e. The summed E-state index contributed by atoms with van der Waals surface area (Å²) in [4.78, 5) is 9.19. The minimum Gasteiger partial charge on any atom is -0.249 e. The minimum atomic E-state index is -0.283. The monoisotopic (exact) mass is 296 g/mol. The van der Waals surface area contributed by atoms with Crippen molar-refractivity contribution in [3.63, 3.8) is 0 Å². The van der Waals surface area contributed by atoms with Gasteiger partial charge in [-0.2, -0.15) is 0 Å². The molecule has 1 aromatic heterocycles. The van der Waals surface area contributed by atoms with Crippen molar-refractivity contribution in [3.8, 4) is 22.5 Å². The first-order valence-corrected chi connectivity index (χ1v) is 6.92. The van der Waals surface area contributed by atoms with Crippen molar-refractivity contribution in [1.82, 2.24) is 9.97 Å². The lowest BCUT2D eigenvalue weighted by molar-refractivity contribution is 0.627. The maximum absolute atomic E-state index is 13.0. The quantitative estimate of drug-likeness (QED) is 0.684. The van der Waals surface area contributed by atoms with Crippen LogP contribution in [0.3, 0.4) is 0 Å². The summed E-state index contributed by atoms with van der Waals surface area (Å²) in [5.41, 5.74) is 4.58. The average molecular weight is 296 g/mol. The van der Waals surface area contributed by atoms with E-state index in [-0.39, 0.29) is 11.6 Å². The van der Waals surface area contributed by atoms with Crippen molar-refractivity contribution in [3.05, 3.63) is 71.6 Å². The van der Waals surface area contributed by atoms with Gasteiger partial charge in [-0.1, -0.05) is 0 Å². The first-order chi connectivity index (χ1) is 10.5. The predicted molar refractivity (Wildman–Crippen MR) is 82.3 cm³/mol. The summed E-state index contributed by atoms with van der Waals surface area (Å²) in [6.45, 7) is 3.72. The normalized spacial score (nSPS) is 10.7. The maximum Gasteiger partial charge on any atom is 0.123 e. The Hall–Kier alpha value is -2.62. The second-order valence-corrected chi connectivity index (χ2v) is 5.11. The molecule has 4 heteroatoms. The molecule has 0 atom stereocenters. The van der Waals surface area contributed by atoms with E-state index in [9.17, 15) is 8.78 Å². The van der Waals surface area contributed by atoms with E-state index in [1.165, 1.54) is 24.3 Å². The van der Waals surface area contributed by atoms with Crippen LogP contribution < -0.4 is 0 Å². The molecule has 0 saturated heterocycles. The van der Waals surface area contributed by atoms with Crippen LogP contribution in [0.5, 0.6) is 0 Å². The minimum absolute atomic E-state index is 0.283. The highest BCUT2D eigenvalue weighted by Gasteiger charge is 2.11. The fraction of sp³-hybridized carbons (Fsp3) is 0.111. The van der Waals surface area contributed by atoms with Crippen LogP contribution in [0.1, 0.15) is 11.4 Å². The number of nitrogens with zero attached hydrogens (tertiary/aromatic N) is 2. The zero-order valence-electron chi connectivity index (χ0n) is 12.3. The molecule has 0 fully saturated rings. The van der Waals surface area contributed by atoms with Gasteiger partial charge in [0.15, 0.2) is 0 Å². The predicted octanol–water partition coefficient (Wildman–Crippen LogP) is 4.71. The second-order valence-electron chi connectivity index (χ2n) is 5.11. The van der Waals surface area contributed by atoms with Crippen LogP contribution in [0, 0.1) is 25.5 Å². The van der Waals surface area contributed by atoms with Gasteiger partial charge in [0.05, 0.1) is 22.8 Å². The Kier molecular flexibility index (Phi) is 3.67. The molecule has 0 spiro atoms. The molecule has 0 bridgehead atoms. The van der Waals surface area contributed by atoms with E-state index in [1.54, 1.807) is 24.3 Å². The van der Waals surface area contributed by atoms with Gasteiger partial charge in [0.2, 0.25) is 0 Å².